The molecule has 0 aromatic heterocycles. The van der Waals surface area contributed by atoms with Crippen molar-refractivity contribution in [2.75, 3.05) is 13.2 Å². The van der Waals surface area contributed by atoms with Crippen molar-refractivity contribution in [3.63, 3.8) is 0 Å². The molecule has 0 spiro atoms. The molecule has 0 aliphatic carbocycles. The van der Waals surface area contributed by atoms with Crippen molar-refractivity contribution in [2.45, 2.75) is 456 Å². The number of ether oxygens (including phenoxy) is 1. The number of nitrogens with one attached hydrogen (secondary N) is 1. The summed E-state index contributed by atoms with van der Waals surface area (Å²) in [5.41, 5.74) is 0. The predicted molar refractivity (Wildman–Crippen MR) is 384 cm³/mol. The van der Waals surface area contributed by atoms with Crippen LogP contribution in [-0.2, 0) is 14.3 Å². The van der Waals surface area contributed by atoms with Gasteiger partial charge in [0.05, 0.1) is 25.4 Å². The van der Waals surface area contributed by atoms with E-state index in [9.17, 15) is 19.8 Å². The number of rotatable bonds is 75. The molecular formula is C81H155NO5. The second kappa shape index (κ2) is 76.5. The number of hydrogen-bond acceptors (Lipinski definition) is 5. The van der Waals surface area contributed by atoms with Crippen LogP contribution >= 0.6 is 0 Å². The Balaban J connectivity index is 3.35. The van der Waals surface area contributed by atoms with Gasteiger partial charge in [0.2, 0.25) is 5.91 Å². The van der Waals surface area contributed by atoms with Crippen LogP contribution in [0, 0.1) is 0 Å². The Kier molecular flexibility index (Phi) is 74.8. The van der Waals surface area contributed by atoms with E-state index in [4.69, 9.17) is 4.74 Å². The van der Waals surface area contributed by atoms with Gasteiger partial charge in [-0.1, -0.05) is 384 Å². The van der Waals surface area contributed by atoms with Crippen molar-refractivity contribution < 1.29 is 24.5 Å². The molecule has 1 amide bonds. The Morgan fingerprint density at radius 2 is 0.575 bits per heavy atom. The average Bonchev–Trinajstić information content (AvgIpc) is 3.54. The SMILES string of the molecule is CCCCC/C=C\C/C=C\CCCCCCCCCCCC(=O)OCCCCCCCCCCCCCC/C=C\CCCCCCCCCCCCCCCCCCC(=O)NC(CO)C(O)CCCCCCCCCCCCCCCCCCCCC. The number of hydrogen-bond donors (Lipinski definition) is 3. The molecule has 3 N–H and O–H groups in total. The van der Waals surface area contributed by atoms with Gasteiger partial charge in [0.25, 0.3) is 0 Å². The summed E-state index contributed by atoms with van der Waals surface area (Å²) in [5, 5.41) is 23.4. The van der Waals surface area contributed by atoms with Crippen molar-refractivity contribution in [3.05, 3.63) is 36.5 Å². The molecule has 6 heteroatoms. The number of allylic oxidation sites excluding steroid dienone is 6. The number of aliphatic hydroxyl groups is 2. The fourth-order valence-corrected chi connectivity index (χ4v) is 12.6. The minimum absolute atomic E-state index is 0.0152. The molecule has 0 fully saturated rings. The zero-order chi connectivity index (χ0) is 62.8. The van der Waals surface area contributed by atoms with Gasteiger partial charge >= 0.3 is 5.97 Å². The van der Waals surface area contributed by atoms with Crippen LogP contribution in [0.15, 0.2) is 36.5 Å². The van der Waals surface area contributed by atoms with Crippen LogP contribution in [0.3, 0.4) is 0 Å². The molecule has 6 nitrogen and oxygen atoms in total. The van der Waals surface area contributed by atoms with Crippen molar-refractivity contribution in [1.29, 1.82) is 0 Å². The number of amides is 1. The highest BCUT2D eigenvalue weighted by molar-refractivity contribution is 5.76. The summed E-state index contributed by atoms with van der Waals surface area (Å²) in [7, 11) is 0. The lowest BCUT2D eigenvalue weighted by molar-refractivity contribution is -0.143. The van der Waals surface area contributed by atoms with E-state index in [1.165, 1.54) is 360 Å². The summed E-state index contributed by atoms with van der Waals surface area (Å²) in [6.45, 7) is 4.97. The Labute approximate surface area is 544 Å². The van der Waals surface area contributed by atoms with E-state index < -0.39 is 12.1 Å². The van der Waals surface area contributed by atoms with E-state index in [0.717, 1.165) is 51.4 Å². The highest BCUT2D eigenvalue weighted by Crippen LogP contribution is 2.20. The molecule has 0 aliphatic heterocycles. The number of aliphatic hydroxyl groups excluding tert-OH is 2. The van der Waals surface area contributed by atoms with E-state index in [-0.39, 0.29) is 18.5 Å². The molecule has 2 unspecified atom stereocenters. The van der Waals surface area contributed by atoms with Gasteiger partial charge in [-0.05, 0) is 83.5 Å². The van der Waals surface area contributed by atoms with Gasteiger partial charge in [-0.2, -0.15) is 0 Å². The standard InChI is InChI=1S/C81H155NO5/c1-3-5-7-9-11-13-15-17-19-21-37-41-45-49-53-57-61-65-69-73-79(84)78(77-83)82-80(85)74-70-66-62-58-54-50-46-42-39-35-33-31-29-27-25-23-24-26-28-30-32-34-36-40-44-48-52-56-60-64-68-72-76-87-81(86)75-71-67-63-59-55-51-47-43-38-22-20-18-16-14-12-10-8-6-4-2/h12,14,18,20,26,28,78-79,83-84H,3-11,13,15-17,19,21-25,27,29-77H2,1-2H3,(H,82,85)/b14-12-,20-18-,28-26-. The fraction of sp³-hybridized carbons (Fsp3) is 0.901. The van der Waals surface area contributed by atoms with Gasteiger partial charge in [-0.3, -0.25) is 9.59 Å². The fourth-order valence-electron chi connectivity index (χ4n) is 12.6. The van der Waals surface area contributed by atoms with E-state index >= 15 is 0 Å². The molecule has 0 aliphatic rings. The van der Waals surface area contributed by atoms with Crippen LogP contribution in [-0.4, -0.2) is 47.4 Å². The quantitative estimate of drug-likeness (QED) is 0.0320. The maximum atomic E-state index is 12.6. The van der Waals surface area contributed by atoms with Crippen molar-refractivity contribution in [3.8, 4) is 0 Å². The van der Waals surface area contributed by atoms with Gasteiger partial charge in [0.1, 0.15) is 0 Å². The first-order valence-electron chi connectivity index (χ1n) is 39.7. The van der Waals surface area contributed by atoms with Crippen LogP contribution in [0.4, 0.5) is 0 Å². The maximum absolute atomic E-state index is 12.6. The van der Waals surface area contributed by atoms with Gasteiger partial charge in [-0.15, -0.1) is 0 Å². The number of carbonyl (C=O) groups excluding carboxylic acids is 2. The third-order valence-corrected chi connectivity index (χ3v) is 18.7. The van der Waals surface area contributed by atoms with E-state index in [0.29, 0.717) is 25.9 Å². The smallest absolute Gasteiger partial charge is 0.305 e. The Morgan fingerprint density at radius 1 is 0.322 bits per heavy atom. The molecule has 0 heterocycles. The highest BCUT2D eigenvalue weighted by Gasteiger charge is 2.20. The van der Waals surface area contributed by atoms with Crippen LogP contribution in [0.25, 0.3) is 0 Å². The topological polar surface area (TPSA) is 95.9 Å². The number of esters is 1. The molecule has 514 valence electrons. The van der Waals surface area contributed by atoms with Crippen molar-refractivity contribution >= 4 is 11.9 Å². The summed E-state index contributed by atoms with van der Waals surface area (Å²) >= 11 is 0. The van der Waals surface area contributed by atoms with Gasteiger partial charge < -0.3 is 20.3 Å². The highest BCUT2D eigenvalue weighted by atomic mass is 16.5. The minimum Gasteiger partial charge on any atom is -0.466 e. The van der Waals surface area contributed by atoms with Crippen LogP contribution in [0.2, 0.25) is 0 Å². The summed E-state index contributed by atoms with van der Waals surface area (Å²) in [6, 6.07) is -0.540. The molecular weight excluding hydrogens is 1070 g/mol. The lowest BCUT2D eigenvalue weighted by Gasteiger charge is -2.22. The summed E-state index contributed by atoms with van der Waals surface area (Å²) in [4.78, 5) is 24.7. The van der Waals surface area contributed by atoms with Crippen molar-refractivity contribution in [2.24, 2.45) is 0 Å². The lowest BCUT2D eigenvalue weighted by atomic mass is 10.0. The molecule has 87 heavy (non-hydrogen) atoms. The van der Waals surface area contributed by atoms with Gasteiger partial charge in [0, 0.05) is 12.8 Å². The number of carbonyl (C=O) groups is 2. The Morgan fingerprint density at radius 3 is 0.908 bits per heavy atom. The van der Waals surface area contributed by atoms with Gasteiger partial charge in [0.15, 0.2) is 0 Å². The zero-order valence-corrected chi connectivity index (χ0v) is 59.0. The molecule has 2 atom stereocenters. The second-order valence-corrected chi connectivity index (χ2v) is 27.4. The van der Waals surface area contributed by atoms with Crippen LogP contribution in [0.1, 0.15) is 444 Å². The third-order valence-electron chi connectivity index (χ3n) is 18.7. The molecule has 0 rings (SSSR count). The lowest BCUT2D eigenvalue weighted by Crippen LogP contribution is -2.45. The molecule has 0 saturated heterocycles. The molecule has 0 aromatic rings. The van der Waals surface area contributed by atoms with Crippen LogP contribution < -0.4 is 5.32 Å². The average molecular weight is 1220 g/mol. The van der Waals surface area contributed by atoms with Gasteiger partial charge in [-0.25, -0.2) is 0 Å². The number of unbranched alkanes of at least 4 members (excludes halogenated alkanes) is 58. The maximum Gasteiger partial charge on any atom is 0.305 e. The first kappa shape index (κ1) is 85.1. The molecule has 0 aromatic carbocycles. The summed E-state index contributed by atoms with van der Waals surface area (Å²) in [5.74, 6) is -0.0126. The van der Waals surface area contributed by atoms with Crippen LogP contribution in [0.5, 0.6) is 0 Å². The summed E-state index contributed by atoms with van der Waals surface area (Å²) < 4.78 is 5.51. The monoisotopic (exact) mass is 1220 g/mol. The minimum atomic E-state index is -0.663. The van der Waals surface area contributed by atoms with Crippen molar-refractivity contribution in [1.82, 2.24) is 5.32 Å². The first-order valence-corrected chi connectivity index (χ1v) is 39.7. The Hall–Kier alpha value is -1.92. The Bertz CT molecular complexity index is 1410. The largest absolute Gasteiger partial charge is 0.466 e. The molecule has 0 bridgehead atoms. The molecule has 0 radical (unpaired) electrons. The van der Waals surface area contributed by atoms with E-state index in [2.05, 4.69) is 55.6 Å². The normalized spacial score (nSPS) is 12.6. The van der Waals surface area contributed by atoms with E-state index in [1.54, 1.807) is 0 Å². The zero-order valence-electron chi connectivity index (χ0n) is 59.0. The second-order valence-electron chi connectivity index (χ2n) is 27.4. The summed E-state index contributed by atoms with van der Waals surface area (Å²) in [6.07, 6.45) is 99.5. The molecule has 0 saturated carbocycles. The van der Waals surface area contributed by atoms with E-state index in [1.807, 2.05) is 0 Å². The third kappa shape index (κ3) is 73.0. The first-order chi connectivity index (χ1) is 43.0. The predicted octanol–water partition coefficient (Wildman–Crippen LogP) is 26.2.